The highest BCUT2D eigenvalue weighted by Crippen LogP contribution is 2.14. The summed E-state index contributed by atoms with van der Waals surface area (Å²) in [5.74, 6) is -3.10. The fraction of sp³-hybridized carbons (Fsp3) is 0.0526. The van der Waals surface area contributed by atoms with Crippen LogP contribution in [0.25, 0.3) is 0 Å². The van der Waals surface area contributed by atoms with Gasteiger partial charge in [0.25, 0.3) is 11.8 Å². The number of hydrogen-bond acceptors (Lipinski definition) is 4. The summed E-state index contributed by atoms with van der Waals surface area (Å²) in [6, 6.07) is 7.94. The van der Waals surface area contributed by atoms with Gasteiger partial charge in [-0.2, -0.15) is 0 Å². The Balaban J connectivity index is 1.67. The SMILES string of the molecule is O=C(NCc1cccnc1)c1cncc(C(=O)Nc2ccc(F)c(F)c2)c1. The van der Waals surface area contributed by atoms with E-state index in [1.165, 1.54) is 24.5 Å². The number of carbonyl (C=O) groups excluding carboxylic acids is 2. The molecule has 27 heavy (non-hydrogen) atoms. The van der Waals surface area contributed by atoms with Gasteiger partial charge >= 0.3 is 0 Å². The molecule has 2 N–H and O–H groups in total. The minimum Gasteiger partial charge on any atom is -0.348 e. The molecule has 0 saturated heterocycles. The lowest BCUT2D eigenvalue weighted by Gasteiger charge is -2.08. The molecule has 3 rings (SSSR count). The normalized spacial score (nSPS) is 10.3. The molecule has 0 aliphatic carbocycles. The zero-order valence-electron chi connectivity index (χ0n) is 13.9. The summed E-state index contributed by atoms with van der Waals surface area (Å²) >= 11 is 0. The predicted molar refractivity (Wildman–Crippen MR) is 94.0 cm³/mol. The number of aromatic nitrogens is 2. The number of carbonyl (C=O) groups is 2. The summed E-state index contributed by atoms with van der Waals surface area (Å²) in [6.07, 6.45) is 5.86. The van der Waals surface area contributed by atoms with Crippen LogP contribution in [0.1, 0.15) is 26.3 Å². The molecule has 3 aromatic rings. The molecule has 136 valence electrons. The van der Waals surface area contributed by atoms with Crippen molar-refractivity contribution in [2.75, 3.05) is 5.32 Å². The van der Waals surface area contributed by atoms with Gasteiger partial charge in [-0.05, 0) is 29.8 Å². The van der Waals surface area contributed by atoms with Crippen LogP contribution in [0.3, 0.4) is 0 Å². The monoisotopic (exact) mass is 368 g/mol. The Labute approximate surface area is 153 Å². The van der Waals surface area contributed by atoms with Gasteiger partial charge in [0.05, 0.1) is 11.1 Å². The number of benzene rings is 1. The molecule has 8 heteroatoms. The Morgan fingerprint density at radius 2 is 1.67 bits per heavy atom. The number of nitrogens with zero attached hydrogens (tertiary/aromatic N) is 2. The first-order chi connectivity index (χ1) is 13.0. The number of rotatable bonds is 5. The van der Waals surface area contributed by atoms with Gasteiger partial charge < -0.3 is 10.6 Å². The van der Waals surface area contributed by atoms with Crippen molar-refractivity contribution < 1.29 is 18.4 Å². The summed E-state index contributed by atoms with van der Waals surface area (Å²) in [5, 5.41) is 5.13. The molecular weight excluding hydrogens is 354 g/mol. The minimum atomic E-state index is -1.07. The van der Waals surface area contributed by atoms with Crippen LogP contribution in [-0.4, -0.2) is 21.8 Å². The van der Waals surface area contributed by atoms with Crippen LogP contribution < -0.4 is 10.6 Å². The largest absolute Gasteiger partial charge is 0.348 e. The quantitative estimate of drug-likeness (QED) is 0.725. The molecule has 0 atom stereocenters. The average Bonchev–Trinajstić information content (AvgIpc) is 2.70. The van der Waals surface area contributed by atoms with Crippen LogP contribution in [0.15, 0.2) is 61.2 Å². The Bertz CT molecular complexity index is 980. The first-order valence-corrected chi connectivity index (χ1v) is 7.91. The van der Waals surface area contributed by atoms with Gasteiger partial charge in [-0.3, -0.25) is 19.6 Å². The lowest BCUT2D eigenvalue weighted by Crippen LogP contribution is -2.23. The molecule has 2 heterocycles. The minimum absolute atomic E-state index is 0.0883. The molecule has 6 nitrogen and oxygen atoms in total. The summed E-state index contributed by atoms with van der Waals surface area (Å²) in [7, 11) is 0. The van der Waals surface area contributed by atoms with Gasteiger partial charge in [-0.1, -0.05) is 6.07 Å². The van der Waals surface area contributed by atoms with Gasteiger partial charge in [-0.15, -0.1) is 0 Å². The van der Waals surface area contributed by atoms with E-state index in [1.54, 1.807) is 18.5 Å². The van der Waals surface area contributed by atoms with Gasteiger partial charge in [0.1, 0.15) is 0 Å². The van der Waals surface area contributed by atoms with E-state index in [9.17, 15) is 18.4 Å². The summed E-state index contributed by atoms with van der Waals surface area (Å²) in [4.78, 5) is 32.3. The third-order valence-electron chi connectivity index (χ3n) is 3.62. The molecule has 0 saturated carbocycles. The molecule has 0 bridgehead atoms. The van der Waals surface area contributed by atoms with E-state index in [-0.39, 0.29) is 23.4 Å². The van der Waals surface area contributed by atoms with Crippen LogP contribution in [0.2, 0.25) is 0 Å². The third kappa shape index (κ3) is 4.69. The van der Waals surface area contributed by atoms with E-state index in [0.29, 0.717) is 0 Å². The van der Waals surface area contributed by atoms with Crippen LogP contribution in [0.5, 0.6) is 0 Å². The molecule has 0 unspecified atom stereocenters. The number of halogens is 2. The number of anilines is 1. The Hall–Kier alpha value is -3.68. The first-order valence-electron chi connectivity index (χ1n) is 7.91. The van der Waals surface area contributed by atoms with E-state index in [0.717, 1.165) is 17.7 Å². The number of nitrogens with one attached hydrogen (secondary N) is 2. The van der Waals surface area contributed by atoms with Crippen LogP contribution in [0, 0.1) is 11.6 Å². The highest BCUT2D eigenvalue weighted by atomic mass is 19.2. The highest BCUT2D eigenvalue weighted by molar-refractivity contribution is 6.05. The number of pyridine rings is 2. The molecule has 1 aromatic carbocycles. The summed E-state index contributed by atoms with van der Waals surface area (Å²) < 4.78 is 26.2. The lowest BCUT2D eigenvalue weighted by atomic mass is 10.1. The molecule has 0 radical (unpaired) electrons. The topological polar surface area (TPSA) is 84.0 Å². The third-order valence-corrected chi connectivity index (χ3v) is 3.62. The molecule has 2 aromatic heterocycles. The van der Waals surface area contributed by atoms with Crippen molar-refractivity contribution >= 4 is 17.5 Å². The van der Waals surface area contributed by atoms with Crippen molar-refractivity contribution in [2.45, 2.75) is 6.54 Å². The molecule has 0 aliphatic rings. The fourth-order valence-electron chi connectivity index (χ4n) is 2.25. The van der Waals surface area contributed by atoms with Crippen molar-refractivity contribution in [1.82, 2.24) is 15.3 Å². The van der Waals surface area contributed by atoms with Crippen molar-refractivity contribution in [3.8, 4) is 0 Å². The Morgan fingerprint density at radius 1 is 0.889 bits per heavy atom. The second kappa shape index (κ2) is 8.13. The zero-order valence-corrected chi connectivity index (χ0v) is 13.9. The van der Waals surface area contributed by atoms with E-state index in [2.05, 4.69) is 20.6 Å². The van der Waals surface area contributed by atoms with E-state index in [4.69, 9.17) is 0 Å². The molecule has 0 fully saturated rings. The van der Waals surface area contributed by atoms with Gasteiger partial charge in [0.15, 0.2) is 11.6 Å². The van der Waals surface area contributed by atoms with Crippen molar-refractivity contribution in [2.24, 2.45) is 0 Å². The summed E-state index contributed by atoms with van der Waals surface area (Å²) in [5.41, 5.74) is 1.21. The molecule has 0 aliphatic heterocycles. The van der Waals surface area contributed by atoms with Gasteiger partial charge in [0, 0.05) is 43.1 Å². The average molecular weight is 368 g/mol. The van der Waals surface area contributed by atoms with Crippen LogP contribution in [0.4, 0.5) is 14.5 Å². The van der Waals surface area contributed by atoms with Crippen LogP contribution in [-0.2, 0) is 6.54 Å². The zero-order chi connectivity index (χ0) is 19.2. The maximum atomic E-state index is 13.2. The van der Waals surface area contributed by atoms with Gasteiger partial charge in [-0.25, -0.2) is 8.78 Å². The van der Waals surface area contributed by atoms with E-state index < -0.39 is 23.4 Å². The lowest BCUT2D eigenvalue weighted by molar-refractivity contribution is 0.0950. The maximum absolute atomic E-state index is 13.2. The van der Waals surface area contributed by atoms with Gasteiger partial charge in [0.2, 0.25) is 0 Å². The van der Waals surface area contributed by atoms with Crippen molar-refractivity contribution in [3.05, 3.63) is 89.5 Å². The van der Waals surface area contributed by atoms with Crippen molar-refractivity contribution in [3.63, 3.8) is 0 Å². The smallest absolute Gasteiger partial charge is 0.257 e. The first kappa shape index (κ1) is 18.1. The van der Waals surface area contributed by atoms with Crippen molar-refractivity contribution in [1.29, 1.82) is 0 Å². The predicted octanol–water partition coefficient (Wildman–Crippen LogP) is 2.94. The standard InChI is InChI=1S/C19H14F2N4O2/c20-16-4-3-15(7-17(16)21)25-19(27)14-6-13(10-23-11-14)18(26)24-9-12-2-1-5-22-8-12/h1-8,10-11H,9H2,(H,24,26)(H,25,27). The summed E-state index contributed by atoms with van der Waals surface area (Å²) in [6.45, 7) is 0.276. The van der Waals surface area contributed by atoms with Crippen LogP contribution >= 0.6 is 0 Å². The Kier molecular flexibility index (Phi) is 5.46. The van der Waals surface area contributed by atoms with E-state index in [1.807, 2.05) is 6.07 Å². The molecular formula is C19H14F2N4O2. The number of hydrogen-bond donors (Lipinski definition) is 2. The Morgan fingerprint density at radius 3 is 2.37 bits per heavy atom. The highest BCUT2D eigenvalue weighted by Gasteiger charge is 2.12. The molecule has 0 spiro atoms. The molecule has 2 amide bonds. The van der Waals surface area contributed by atoms with E-state index >= 15 is 0 Å². The second-order valence-electron chi connectivity index (χ2n) is 5.59. The maximum Gasteiger partial charge on any atom is 0.257 e. The second-order valence-corrected chi connectivity index (χ2v) is 5.59. The number of amides is 2. The fourth-order valence-corrected chi connectivity index (χ4v) is 2.25.